The number of nitrogens with zero attached hydrogens (tertiary/aromatic N) is 1. The Morgan fingerprint density at radius 1 is 1.10 bits per heavy atom. The molecular weight excluding hydrogens is 552 g/mol. The summed E-state index contributed by atoms with van der Waals surface area (Å²) in [4.78, 5) is 26.5. The summed E-state index contributed by atoms with van der Waals surface area (Å²) in [6.07, 6.45) is 8.85. The van der Waals surface area contributed by atoms with E-state index < -0.39 is 28.2 Å². The lowest BCUT2D eigenvalue weighted by Gasteiger charge is -2.26. The fraction of sp³-hybridized carbons (Fsp3) is 0.438. The molecule has 0 spiro atoms. The number of aliphatic hydroxyl groups excluding tert-OH is 1. The molecule has 42 heavy (non-hydrogen) atoms. The van der Waals surface area contributed by atoms with Crippen LogP contribution in [0, 0.1) is 5.92 Å². The Hall–Kier alpha value is -3.47. The maximum Gasteiger partial charge on any atom is 0.251 e. The van der Waals surface area contributed by atoms with Gasteiger partial charge in [0.25, 0.3) is 5.91 Å². The van der Waals surface area contributed by atoms with Crippen molar-refractivity contribution in [1.29, 1.82) is 0 Å². The van der Waals surface area contributed by atoms with Crippen LogP contribution in [0.1, 0.15) is 61.2 Å². The fourth-order valence-corrected chi connectivity index (χ4v) is 5.75. The Kier molecular flexibility index (Phi) is 11.9. The highest BCUT2D eigenvalue weighted by Crippen LogP contribution is 2.24. The van der Waals surface area contributed by atoms with Crippen molar-refractivity contribution in [2.45, 2.75) is 58.7 Å². The minimum absolute atomic E-state index is 0.216. The molecular formula is C32H44N4O5S. The van der Waals surface area contributed by atoms with E-state index in [1.165, 1.54) is 4.31 Å². The number of hydrogen-bond donors (Lipinski definition) is 4. The standard InChI is InChI=1S/C32H44N4O5S/c1-6-14-36(42(5,40)41)29-18-26-11-8-7-10-24-12-9-13-25(15-24)17-28(35-31(38)27(16-26)19-29)21-33-30(23(4)37)32(39)34-20-22(2)3/h7-13,15-16,18-19,22-23,28,30,33,37H,6,14,17,20-21H2,1-5H3,(H,34,39)(H,35,38)/b10-7+,11-8+/t23-,28-,30+/m0/s1. The number of anilines is 1. The van der Waals surface area contributed by atoms with Crippen LogP contribution in [0.25, 0.3) is 12.2 Å². The first-order chi connectivity index (χ1) is 19.9. The van der Waals surface area contributed by atoms with Crippen LogP contribution < -0.4 is 20.3 Å². The van der Waals surface area contributed by atoms with Crippen LogP contribution in [0.15, 0.2) is 54.6 Å². The highest BCUT2D eigenvalue weighted by atomic mass is 32.2. The topological polar surface area (TPSA) is 128 Å². The molecule has 0 saturated heterocycles. The molecule has 2 aromatic carbocycles. The van der Waals surface area contributed by atoms with Crippen LogP contribution in [0.2, 0.25) is 0 Å². The largest absolute Gasteiger partial charge is 0.391 e. The molecule has 0 fully saturated rings. The number of benzene rings is 2. The van der Waals surface area contributed by atoms with Gasteiger partial charge in [-0.3, -0.25) is 13.9 Å². The Morgan fingerprint density at radius 2 is 1.81 bits per heavy atom. The number of carbonyl (C=O) groups excluding carboxylic acids is 2. The maximum absolute atomic E-state index is 13.7. The van der Waals surface area contributed by atoms with Gasteiger partial charge in [0.2, 0.25) is 15.9 Å². The summed E-state index contributed by atoms with van der Waals surface area (Å²) < 4.78 is 26.5. The molecule has 1 aliphatic heterocycles. The average molecular weight is 597 g/mol. The molecule has 0 radical (unpaired) electrons. The van der Waals surface area contributed by atoms with Crippen molar-refractivity contribution in [3.8, 4) is 0 Å². The first-order valence-corrected chi connectivity index (χ1v) is 16.3. The molecule has 10 heteroatoms. The zero-order valence-electron chi connectivity index (χ0n) is 25.1. The number of carbonyl (C=O) groups is 2. The zero-order chi connectivity index (χ0) is 30.9. The van der Waals surface area contributed by atoms with Crippen LogP contribution in [0.5, 0.6) is 0 Å². The van der Waals surface area contributed by atoms with Crippen molar-refractivity contribution in [2.75, 3.05) is 30.2 Å². The number of amides is 2. The van der Waals surface area contributed by atoms with E-state index in [0.29, 0.717) is 36.2 Å². The van der Waals surface area contributed by atoms with Crippen LogP contribution >= 0.6 is 0 Å². The first kappa shape index (κ1) is 33.0. The number of hydrogen-bond acceptors (Lipinski definition) is 6. The van der Waals surface area contributed by atoms with Crippen LogP contribution in [0.3, 0.4) is 0 Å². The Balaban J connectivity index is 1.99. The van der Waals surface area contributed by atoms with Gasteiger partial charge in [-0.1, -0.05) is 69.3 Å². The van der Waals surface area contributed by atoms with E-state index in [2.05, 4.69) is 16.0 Å². The highest BCUT2D eigenvalue weighted by Gasteiger charge is 2.26. The van der Waals surface area contributed by atoms with Gasteiger partial charge in [0.05, 0.1) is 18.0 Å². The quantitative estimate of drug-likeness (QED) is 0.315. The Morgan fingerprint density at radius 3 is 2.45 bits per heavy atom. The van der Waals surface area contributed by atoms with Crippen molar-refractivity contribution >= 4 is 39.7 Å². The maximum atomic E-state index is 13.7. The number of fused-ring (bicyclic) bond motifs is 4. The molecule has 9 nitrogen and oxygen atoms in total. The second-order valence-corrected chi connectivity index (χ2v) is 13.2. The number of rotatable bonds is 11. The molecule has 3 atom stereocenters. The van der Waals surface area contributed by atoms with E-state index >= 15 is 0 Å². The molecule has 228 valence electrons. The fourth-order valence-electron chi connectivity index (χ4n) is 4.75. The van der Waals surface area contributed by atoms with Crippen molar-refractivity contribution < 1.29 is 23.1 Å². The van der Waals surface area contributed by atoms with Crippen molar-refractivity contribution in [3.05, 3.63) is 76.9 Å². The monoisotopic (exact) mass is 596 g/mol. The molecule has 0 aromatic heterocycles. The van der Waals surface area contributed by atoms with Crippen LogP contribution in [-0.2, 0) is 21.2 Å². The van der Waals surface area contributed by atoms with Gasteiger partial charge < -0.3 is 21.1 Å². The number of aliphatic hydroxyl groups is 1. The van der Waals surface area contributed by atoms with Gasteiger partial charge in [0, 0.05) is 31.2 Å². The van der Waals surface area contributed by atoms with E-state index in [0.717, 1.165) is 17.4 Å². The molecule has 1 heterocycles. The van der Waals surface area contributed by atoms with E-state index in [-0.39, 0.29) is 30.8 Å². The van der Waals surface area contributed by atoms with Crippen LogP contribution in [-0.4, -0.2) is 69.4 Å². The molecule has 0 unspecified atom stereocenters. The number of nitrogens with one attached hydrogen (secondary N) is 3. The van der Waals surface area contributed by atoms with Gasteiger partial charge in [0.1, 0.15) is 6.04 Å². The Bertz CT molecular complexity index is 1400. The summed E-state index contributed by atoms with van der Waals surface area (Å²) in [5.41, 5.74) is 3.40. The average Bonchev–Trinajstić information content (AvgIpc) is 2.91. The SMILES string of the molecule is CCCN(c1cc2cc(c1)C(=O)N[C@H](CN[C@@H](C(=O)NCC(C)C)[C@H](C)O)Cc1cccc(c1)/C=C/C=C/2)S(C)(=O)=O. The van der Waals surface area contributed by atoms with Gasteiger partial charge in [-0.15, -0.1) is 0 Å². The third-order valence-electron chi connectivity index (χ3n) is 6.81. The summed E-state index contributed by atoms with van der Waals surface area (Å²) in [5, 5.41) is 19.5. The lowest BCUT2D eigenvalue weighted by atomic mass is 10.0. The molecule has 4 bridgehead atoms. The molecule has 0 aliphatic carbocycles. The van der Waals surface area contributed by atoms with E-state index in [4.69, 9.17) is 0 Å². The van der Waals surface area contributed by atoms with Gasteiger partial charge >= 0.3 is 0 Å². The molecule has 0 saturated carbocycles. The normalized spacial score (nSPS) is 18.4. The zero-order valence-corrected chi connectivity index (χ0v) is 25.9. The minimum Gasteiger partial charge on any atom is -0.391 e. The molecule has 4 N–H and O–H groups in total. The second kappa shape index (κ2) is 15.1. The summed E-state index contributed by atoms with van der Waals surface area (Å²) >= 11 is 0. The Labute approximate surface area is 250 Å². The van der Waals surface area contributed by atoms with Crippen molar-refractivity contribution in [1.82, 2.24) is 16.0 Å². The summed E-state index contributed by atoms with van der Waals surface area (Å²) in [7, 11) is -3.57. The lowest BCUT2D eigenvalue weighted by Crippen LogP contribution is -2.55. The van der Waals surface area contributed by atoms with Gasteiger partial charge in [-0.25, -0.2) is 8.42 Å². The first-order valence-electron chi connectivity index (χ1n) is 14.4. The third kappa shape index (κ3) is 9.82. The molecule has 2 aromatic rings. The van der Waals surface area contributed by atoms with E-state index in [9.17, 15) is 23.1 Å². The predicted octanol–water partition coefficient (Wildman–Crippen LogP) is 3.35. The second-order valence-electron chi connectivity index (χ2n) is 11.3. The summed E-state index contributed by atoms with van der Waals surface area (Å²) in [6.45, 7) is 8.43. The van der Waals surface area contributed by atoms with Crippen molar-refractivity contribution in [3.63, 3.8) is 0 Å². The molecule has 1 aliphatic rings. The molecule has 3 rings (SSSR count). The van der Waals surface area contributed by atoms with Gasteiger partial charge in [-0.2, -0.15) is 0 Å². The van der Waals surface area contributed by atoms with Gasteiger partial charge in [0.15, 0.2) is 0 Å². The smallest absolute Gasteiger partial charge is 0.251 e. The van der Waals surface area contributed by atoms with Crippen molar-refractivity contribution in [2.24, 2.45) is 5.92 Å². The third-order valence-corrected chi connectivity index (χ3v) is 8.00. The van der Waals surface area contributed by atoms with Gasteiger partial charge in [-0.05, 0) is 60.6 Å². The number of allylic oxidation sites excluding steroid dienone is 2. The minimum atomic E-state index is -3.57. The highest BCUT2D eigenvalue weighted by molar-refractivity contribution is 7.92. The van der Waals surface area contributed by atoms with E-state index in [1.54, 1.807) is 25.1 Å². The summed E-state index contributed by atoms with van der Waals surface area (Å²) in [5.74, 6) is -0.418. The lowest BCUT2D eigenvalue weighted by molar-refractivity contribution is -0.125. The predicted molar refractivity (Wildman–Crippen MR) is 170 cm³/mol. The molecule has 2 amide bonds. The van der Waals surface area contributed by atoms with Crippen LogP contribution in [0.4, 0.5) is 5.69 Å². The summed E-state index contributed by atoms with van der Waals surface area (Å²) in [6, 6.07) is 11.7. The van der Waals surface area contributed by atoms with E-state index in [1.807, 2.05) is 69.3 Å². The number of sulfonamides is 1.